The average molecular weight is 605 g/mol. The first-order chi connectivity index (χ1) is 20.2. The minimum atomic E-state index is 1.12. The molecule has 192 valence electrons. The van der Waals surface area contributed by atoms with Crippen LogP contribution in [0.15, 0.2) is 138 Å². The van der Waals surface area contributed by atoms with Gasteiger partial charge in [0.15, 0.2) is 0 Å². The van der Waals surface area contributed by atoms with Crippen LogP contribution in [0.25, 0.3) is 80.3 Å². The first kappa shape index (κ1) is 23.3. The van der Waals surface area contributed by atoms with Crippen molar-refractivity contribution in [2.45, 2.75) is 0 Å². The third-order valence-electron chi connectivity index (χ3n) is 8.41. The van der Waals surface area contributed by atoms with E-state index in [9.17, 15) is 0 Å². The van der Waals surface area contributed by atoms with Crippen molar-refractivity contribution in [3.05, 3.63) is 138 Å². The molecule has 2 aromatic heterocycles. The summed E-state index contributed by atoms with van der Waals surface area (Å²) in [4.78, 5) is 0. The third-order valence-corrected chi connectivity index (χ3v) is 10.0. The summed E-state index contributed by atoms with van der Waals surface area (Å²) >= 11 is 5.53. The van der Waals surface area contributed by atoms with Crippen molar-refractivity contribution < 1.29 is 0 Å². The van der Waals surface area contributed by atoms with Crippen LogP contribution in [-0.2, 0) is 0 Å². The molecule has 0 saturated carbocycles. The maximum absolute atomic E-state index is 3.66. The quantitative estimate of drug-likeness (QED) is 0.185. The van der Waals surface area contributed by atoms with Gasteiger partial charge in [0.1, 0.15) is 0 Å². The molecule has 0 fully saturated rings. The topological polar surface area (TPSA) is 4.93 Å². The van der Waals surface area contributed by atoms with Gasteiger partial charge in [-0.05, 0) is 81.2 Å². The van der Waals surface area contributed by atoms with Gasteiger partial charge in [-0.3, -0.25) is 0 Å². The van der Waals surface area contributed by atoms with Crippen LogP contribution in [-0.4, -0.2) is 4.57 Å². The molecule has 41 heavy (non-hydrogen) atoms. The number of rotatable bonds is 2. The van der Waals surface area contributed by atoms with Crippen LogP contribution in [0.2, 0.25) is 0 Å². The van der Waals surface area contributed by atoms with E-state index in [0.717, 1.165) is 4.47 Å². The number of hydrogen-bond donors (Lipinski definition) is 0. The average Bonchev–Trinajstić information content (AvgIpc) is 3.55. The molecule has 1 nitrogen and oxygen atoms in total. The summed E-state index contributed by atoms with van der Waals surface area (Å²) in [6.07, 6.45) is 0. The van der Waals surface area contributed by atoms with Crippen molar-refractivity contribution in [2.75, 3.05) is 0 Å². The highest BCUT2D eigenvalue weighted by Crippen LogP contribution is 2.43. The van der Waals surface area contributed by atoms with E-state index in [1.54, 1.807) is 0 Å². The van der Waals surface area contributed by atoms with Crippen LogP contribution < -0.4 is 0 Å². The van der Waals surface area contributed by atoms with E-state index in [2.05, 4.69) is 154 Å². The summed E-state index contributed by atoms with van der Waals surface area (Å²) < 4.78 is 6.20. The molecule has 0 aliphatic rings. The zero-order chi connectivity index (χ0) is 27.1. The molecule has 0 aliphatic heterocycles. The van der Waals surface area contributed by atoms with Crippen molar-refractivity contribution in [1.82, 2.24) is 4.57 Å². The Hall–Kier alpha value is -4.44. The highest BCUT2D eigenvalue weighted by Gasteiger charge is 2.18. The first-order valence-corrected chi connectivity index (χ1v) is 15.4. The van der Waals surface area contributed by atoms with Crippen LogP contribution >= 0.6 is 27.3 Å². The molecule has 9 aromatic rings. The third kappa shape index (κ3) is 3.46. The van der Waals surface area contributed by atoms with Gasteiger partial charge in [0.25, 0.3) is 0 Å². The predicted molar refractivity (Wildman–Crippen MR) is 182 cm³/mol. The SMILES string of the molecule is Brc1ccc2sc3cc(-c4cc5c(c6ccccc46)c4ccccc4n5-c4ccc5ccccc5c4)ccc3c2c1. The minimum absolute atomic E-state index is 1.12. The van der Waals surface area contributed by atoms with Gasteiger partial charge >= 0.3 is 0 Å². The number of aromatic nitrogens is 1. The van der Waals surface area contributed by atoms with Gasteiger partial charge in [-0.25, -0.2) is 0 Å². The van der Waals surface area contributed by atoms with Gasteiger partial charge in [0, 0.05) is 41.1 Å². The van der Waals surface area contributed by atoms with Gasteiger partial charge in [-0.15, -0.1) is 11.3 Å². The Bertz CT molecular complexity index is 2500. The number of nitrogens with zero attached hydrogens (tertiary/aromatic N) is 1. The van der Waals surface area contributed by atoms with Crippen molar-refractivity contribution in [3.8, 4) is 16.8 Å². The fraction of sp³-hybridized carbons (Fsp3) is 0. The second-order valence-corrected chi connectivity index (χ2v) is 12.7. The van der Waals surface area contributed by atoms with Gasteiger partial charge in [0.2, 0.25) is 0 Å². The Morgan fingerprint density at radius 2 is 1.27 bits per heavy atom. The number of hydrogen-bond acceptors (Lipinski definition) is 1. The van der Waals surface area contributed by atoms with Crippen LogP contribution in [0.3, 0.4) is 0 Å². The molecular weight excluding hydrogens is 582 g/mol. The number of thiophene rings is 1. The Balaban J connectivity index is 1.39. The normalized spacial score (nSPS) is 12.0. The summed E-state index contributed by atoms with van der Waals surface area (Å²) in [6, 6.07) is 49.1. The molecule has 0 radical (unpaired) electrons. The standard InChI is InChI=1S/C38H22BrNS/c39-26-15-18-36-33(21-26)29-17-14-25(20-37(29)41-36)32-22-35-38(30-10-4-3-9-28(30)32)31-11-5-6-12-34(31)40(35)27-16-13-23-7-1-2-8-24(23)19-27/h1-22H. The number of benzene rings is 7. The van der Waals surface area contributed by atoms with Crippen molar-refractivity contribution in [3.63, 3.8) is 0 Å². The second kappa shape index (κ2) is 8.78. The summed E-state index contributed by atoms with van der Waals surface area (Å²) in [5.41, 5.74) is 6.15. The Morgan fingerprint density at radius 3 is 2.17 bits per heavy atom. The molecule has 0 spiro atoms. The second-order valence-electron chi connectivity index (χ2n) is 10.7. The first-order valence-electron chi connectivity index (χ1n) is 13.8. The van der Waals surface area contributed by atoms with Gasteiger partial charge in [-0.1, -0.05) is 101 Å². The lowest BCUT2D eigenvalue weighted by Crippen LogP contribution is -1.94. The highest BCUT2D eigenvalue weighted by atomic mass is 79.9. The van der Waals surface area contributed by atoms with E-state index in [1.165, 1.54) is 80.3 Å². The zero-order valence-corrected chi connectivity index (χ0v) is 24.3. The summed E-state index contributed by atoms with van der Waals surface area (Å²) in [5, 5.41) is 10.3. The van der Waals surface area contributed by atoms with Gasteiger partial charge < -0.3 is 4.57 Å². The lowest BCUT2D eigenvalue weighted by Gasteiger charge is -2.13. The number of fused-ring (bicyclic) bond motifs is 9. The fourth-order valence-corrected chi connectivity index (χ4v) is 8.07. The zero-order valence-electron chi connectivity index (χ0n) is 21.9. The van der Waals surface area contributed by atoms with Crippen LogP contribution in [0.5, 0.6) is 0 Å². The van der Waals surface area contributed by atoms with Crippen LogP contribution in [0.4, 0.5) is 0 Å². The monoisotopic (exact) mass is 603 g/mol. The van der Waals surface area contributed by atoms with Gasteiger partial charge in [-0.2, -0.15) is 0 Å². The molecule has 0 atom stereocenters. The fourth-order valence-electron chi connectivity index (χ4n) is 6.58. The van der Waals surface area contributed by atoms with E-state index >= 15 is 0 Å². The van der Waals surface area contributed by atoms with Crippen molar-refractivity contribution >= 4 is 90.8 Å². The number of para-hydroxylation sites is 1. The maximum Gasteiger partial charge on any atom is 0.0553 e. The molecule has 3 heteroatoms. The summed E-state index contributed by atoms with van der Waals surface area (Å²) in [7, 11) is 0. The molecule has 0 amide bonds. The molecule has 0 bridgehead atoms. The highest BCUT2D eigenvalue weighted by molar-refractivity contribution is 9.10. The molecule has 0 aliphatic carbocycles. The van der Waals surface area contributed by atoms with E-state index in [1.807, 2.05) is 11.3 Å². The minimum Gasteiger partial charge on any atom is -0.309 e. The lowest BCUT2D eigenvalue weighted by molar-refractivity contribution is 1.19. The van der Waals surface area contributed by atoms with Crippen molar-refractivity contribution in [1.29, 1.82) is 0 Å². The number of halogens is 1. The molecule has 0 unspecified atom stereocenters. The van der Waals surface area contributed by atoms with E-state index in [0.29, 0.717) is 0 Å². The molecule has 0 saturated heterocycles. The smallest absolute Gasteiger partial charge is 0.0553 e. The molecule has 2 heterocycles. The van der Waals surface area contributed by atoms with Crippen molar-refractivity contribution in [2.24, 2.45) is 0 Å². The van der Waals surface area contributed by atoms with E-state index < -0.39 is 0 Å². The van der Waals surface area contributed by atoms with Crippen LogP contribution in [0, 0.1) is 0 Å². The maximum atomic E-state index is 3.66. The Morgan fingerprint density at radius 1 is 0.488 bits per heavy atom. The molecule has 0 N–H and O–H groups in total. The summed E-state index contributed by atoms with van der Waals surface area (Å²) in [5.74, 6) is 0. The van der Waals surface area contributed by atoms with Gasteiger partial charge in [0.05, 0.1) is 11.0 Å². The molecule has 9 rings (SSSR count). The van der Waals surface area contributed by atoms with Crippen LogP contribution in [0.1, 0.15) is 0 Å². The Labute approximate surface area is 249 Å². The molecule has 7 aromatic carbocycles. The lowest BCUT2D eigenvalue weighted by atomic mass is 9.94. The molecular formula is C38H22BrNS. The summed E-state index contributed by atoms with van der Waals surface area (Å²) in [6.45, 7) is 0. The van der Waals surface area contributed by atoms with E-state index in [4.69, 9.17) is 0 Å². The predicted octanol–water partition coefficient (Wildman–Crippen LogP) is 11.9. The van der Waals surface area contributed by atoms with E-state index in [-0.39, 0.29) is 0 Å². The Kier molecular flexibility index (Phi) is 4.98. The largest absolute Gasteiger partial charge is 0.309 e.